The molecule has 0 aliphatic carbocycles. The number of aryl methyl sites for hydroxylation is 2. The van der Waals surface area contributed by atoms with Crippen LogP contribution in [-0.4, -0.2) is 14.9 Å². The molecule has 0 radical (unpaired) electrons. The van der Waals surface area contributed by atoms with Crippen molar-refractivity contribution in [3.05, 3.63) is 27.9 Å². The van der Waals surface area contributed by atoms with E-state index in [1.807, 2.05) is 19.9 Å². The molecule has 0 saturated heterocycles. The van der Waals surface area contributed by atoms with Gasteiger partial charge in [0.05, 0.1) is 0 Å². The number of rotatable bonds is 3. The second kappa shape index (κ2) is 4.47. The fourth-order valence-electron chi connectivity index (χ4n) is 1.44. The van der Waals surface area contributed by atoms with E-state index in [-0.39, 0.29) is 11.1 Å². The smallest absolute Gasteiger partial charge is 0.296 e. The zero-order chi connectivity index (χ0) is 11.6. The van der Waals surface area contributed by atoms with Crippen LogP contribution < -0.4 is 5.69 Å². The Morgan fingerprint density at radius 1 is 1.47 bits per heavy atom. The molecule has 1 heterocycles. The number of alkyl halides is 1. The van der Waals surface area contributed by atoms with E-state index in [0.717, 1.165) is 16.7 Å². The van der Waals surface area contributed by atoms with Gasteiger partial charge in [-0.3, -0.25) is 4.57 Å². The van der Waals surface area contributed by atoms with Crippen LogP contribution in [0.5, 0.6) is 0 Å². The summed E-state index contributed by atoms with van der Waals surface area (Å²) >= 11 is 3.46. The zero-order valence-corrected chi connectivity index (χ0v) is 11.3. The topological polar surface area (TPSA) is 34.9 Å². The van der Waals surface area contributed by atoms with E-state index < -0.39 is 0 Å². The number of hydrogen-bond acceptors (Lipinski definition) is 2. The largest absolute Gasteiger partial charge is 0.347 e. The lowest BCUT2D eigenvalue weighted by atomic mass is 9.96. The molecule has 0 unspecified atom stereocenters. The molecule has 0 N–H and O–H groups in total. The van der Waals surface area contributed by atoms with Crippen molar-refractivity contribution in [3.8, 4) is 0 Å². The van der Waals surface area contributed by atoms with Crippen molar-refractivity contribution < 1.29 is 0 Å². The second-order valence-corrected chi connectivity index (χ2v) is 5.27. The normalized spacial score (nSPS) is 11.8. The van der Waals surface area contributed by atoms with Crippen molar-refractivity contribution in [2.45, 2.75) is 34.2 Å². The maximum Gasteiger partial charge on any atom is 0.347 e. The van der Waals surface area contributed by atoms with Gasteiger partial charge in [0.2, 0.25) is 0 Å². The maximum absolute atomic E-state index is 11.7. The summed E-state index contributed by atoms with van der Waals surface area (Å²) < 4.78 is 1.73. The van der Waals surface area contributed by atoms with E-state index in [4.69, 9.17) is 0 Å². The SMILES string of the molecule is Cc1cc(C)n(CC(C)(C)CBr)c(=O)n1. The van der Waals surface area contributed by atoms with Crippen molar-refractivity contribution >= 4 is 15.9 Å². The molecule has 0 saturated carbocycles. The van der Waals surface area contributed by atoms with Crippen molar-refractivity contribution in [2.75, 3.05) is 5.33 Å². The summed E-state index contributed by atoms with van der Waals surface area (Å²) in [6.45, 7) is 8.71. The fraction of sp³-hybridized carbons (Fsp3) is 0.636. The van der Waals surface area contributed by atoms with Crippen molar-refractivity contribution in [1.82, 2.24) is 9.55 Å². The lowest BCUT2D eigenvalue weighted by Gasteiger charge is -2.23. The standard InChI is InChI=1S/C11H17BrN2O/c1-8-5-9(2)14(10(15)13-8)7-11(3,4)6-12/h5H,6-7H2,1-4H3. The summed E-state index contributed by atoms with van der Waals surface area (Å²) in [5.41, 5.74) is 1.67. The molecule has 1 aromatic heterocycles. The predicted molar refractivity (Wildman–Crippen MR) is 65.5 cm³/mol. The summed E-state index contributed by atoms with van der Waals surface area (Å²) in [5.74, 6) is 0. The quantitative estimate of drug-likeness (QED) is 0.792. The van der Waals surface area contributed by atoms with Crippen LogP contribution >= 0.6 is 15.9 Å². The summed E-state index contributed by atoms with van der Waals surface area (Å²) in [6.07, 6.45) is 0. The van der Waals surface area contributed by atoms with E-state index in [1.165, 1.54) is 0 Å². The predicted octanol–water partition coefficient (Wildman–Crippen LogP) is 2.28. The van der Waals surface area contributed by atoms with Gasteiger partial charge in [0, 0.05) is 23.3 Å². The van der Waals surface area contributed by atoms with Gasteiger partial charge in [0.1, 0.15) is 0 Å². The van der Waals surface area contributed by atoms with Gasteiger partial charge in [-0.15, -0.1) is 0 Å². The van der Waals surface area contributed by atoms with E-state index in [2.05, 4.69) is 34.8 Å². The van der Waals surface area contributed by atoms with Crippen LogP contribution in [0.4, 0.5) is 0 Å². The van der Waals surface area contributed by atoms with Gasteiger partial charge in [-0.2, -0.15) is 4.98 Å². The first-order chi connectivity index (χ1) is 6.85. The Bertz CT molecular complexity index is 410. The average molecular weight is 273 g/mol. The van der Waals surface area contributed by atoms with Crippen LogP contribution in [0.2, 0.25) is 0 Å². The van der Waals surface area contributed by atoms with Gasteiger partial charge >= 0.3 is 5.69 Å². The average Bonchev–Trinajstić information content (AvgIpc) is 2.11. The second-order valence-electron chi connectivity index (χ2n) is 4.71. The van der Waals surface area contributed by atoms with E-state index in [0.29, 0.717) is 6.54 Å². The minimum Gasteiger partial charge on any atom is -0.296 e. The molecule has 3 nitrogen and oxygen atoms in total. The molecule has 0 aliphatic heterocycles. The van der Waals surface area contributed by atoms with Crippen molar-refractivity contribution in [3.63, 3.8) is 0 Å². The summed E-state index contributed by atoms with van der Waals surface area (Å²) in [7, 11) is 0. The van der Waals surface area contributed by atoms with Gasteiger partial charge in [-0.1, -0.05) is 29.8 Å². The molecule has 4 heteroatoms. The van der Waals surface area contributed by atoms with E-state index in [9.17, 15) is 4.79 Å². The molecule has 0 fully saturated rings. The summed E-state index contributed by atoms with van der Waals surface area (Å²) in [4.78, 5) is 15.6. The lowest BCUT2D eigenvalue weighted by Crippen LogP contribution is -2.32. The first-order valence-corrected chi connectivity index (χ1v) is 6.09. The van der Waals surface area contributed by atoms with Crippen LogP contribution in [0.1, 0.15) is 25.2 Å². The van der Waals surface area contributed by atoms with Crippen LogP contribution in [0.25, 0.3) is 0 Å². The first-order valence-electron chi connectivity index (χ1n) is 4.97. The molecule has 0 bridgehead atoms. The van der Waals surface area contributed by atoms with Crippen LogP contribution in [0.15, 0.2) is 10.9 Å². The van der Waals surface area contributed by atoms with Gasteiger partial charge in [-0.25, -0.2) is 4.79 Å². The molecule has 1 rings (SSSR count). The number of hydrogen-bond donors (Lipinski definition) is 0. The molecule has 0 spiro atoms. The molecular weight excluding hydrogens is 256 g/mol. The minimum atomic E-state index is -0.151. The Kier molecular flexibility index (Phi) is 3.71. The molecule has 1 aromatic rings. The third-order valence-electron chi connectivity index (χ3n) is 2.29. The van der Waals surface area contributed by atoms with Crippen LogP contribution in [0, 0.1) is 19.3 Å². The van der Waals surface area contributed by atoms with Gasteiger partial charge in [-0.05, 0) is 25.3 Å². The Balaban J connectivity index is 3.11. The number of aromatic nitrogens is 2. The highest BCUT2D eigenvalue weighted by Crippen LogP contribution is 2.20. The molecule has 0 aromatic carbocycles. The zero-order valence-electron chi connectivity index (χ0n) is 9.67. The third kappa shape index (κ3) is 3.16. The monoisotopic (exact) mass is 272 g/mol. The Morgan fingerprint density at radius 3 is 2.53 bits per heavy atom. The molecule has 0 aliphatic rings. The molecule has 0 amide bonds. The lowest BCUT2D eigenvalue weighted by molar-refractivity contribution is 0.341. The summed E-state index contributed by atoms with van der Waals surface area (Å²) in [6, 6.07) is 1.94. The number of nitrogens with zero attached hydrogens (tertiary/aromatic N) is 2. The van der Waals surface area contributed by atoms with Gasteiger partial charge in [0.15, 0.2) is 0 Å². The van der Waals surface area contributed by atoms with Gasteiger partial charge in [0.25, 0.3) is 0 Å². The highest BCUT2D eigenvalue weighted by Gasteiger charge is 2.18. The van der Waals surface area contributed by atoms with E-state index in [1.54, 1.807) is 4.57 Å². The molecule has 15 heavy (non-hydrogen) atoms. The van der Waals surface area contributed by atoms with Crippen molar-refractivity contribution in [1.29, 1.82) is 0 Å². The third-order valence-corrected chi connectivity index (χ3v) is 3.81. The van der Waals surface area contributed by atoms with Gasteiger partial charge < -0.3 is 0 Å². The minimum absolute atomic E-state index is 0.0610. The maximum atomic E-state index is 11.7. The molecule has 0 atom stereocenters. The number of halogens is 1. The first kappa shape index (κ1) is 12.4. The Labute approximate surface area is 98.7 Å². The Morgan fingerprint density at radius 2 is 2.07 bits per heavy atom. The van der Waals surface area contributed by atoms with Crippen LogP contribution in [-0.2, 0) is 6.54 Å². The van der Waals surface area contributed by atoms with Crippen molar-refractivity contribution in [2.24, 2.45) is 5.41 Å². The highest BCUT2D eigenvalue weighted by atomic mass is 79.9. The molecule has 84 valence electrons. The molecular formula is C11H17BrN2O. The highest BCUT2D eigenvalue weighted by molar-refractivity contribution is 9.09. The summed E-state index contributed by atoms with van der Waals surface area (Å²) in [5, 5.41) is 0.861. The van der Waals surface area contributed by atoms with E-state index >= 15 is 0 Å². The Hall–Kier alpha value is -0.640. The van der Waals surface area contributed by atoms with Crippen LogP contribution in [0.3, 0.4) is 0 Å². The fourth-order valence-corrected chi connectivity index (χ4v) is 1.61.